The molecule has 0 aliphatic heterocycles. The van der Waals surface area contributed by atoms with E-state index in [4.69, 9.17) is 14.2 Å². The Kier molecular flexibility index (Phi) is 13.2. The maximum absolute atomic E-state index is 11.7. The molecule has 3 N–H and O–H groups in total. The van der Waals surface area contributed by atoms with Gasteiger partial charge in [-0.2, -0.15) is 0 Å². The number of imidazole rings is 1. The lowest BCUT2D eigenvalue weighted by atomic mass is 10.4. The third kappa shape index (κ3) is 12.9. The van der Waals surface area contributed by atoms with Crippen molar-refractivity contribution in [3.63, 3.8) is 0 Å². The van der Waals surface area contributed by atoms with Crippen LogP contribution in [0.3, 0.4) is 0 Å². The molecule has 3 amide bonds. The number of nitrogens with zero attached hydrogens (tertiary/aromatic N) is 2. The fourth-order valence-corrected chi connectivity index (χ4v) is 2.38. The van der Waals surface area contributed by atoms with Gasteiger partial charge in [0.1, 0.15) is 38.8 Å². The van der Waals surface area contributed by atoms with E-state index in [2.05, 4.69) is 29.1 Å². The van der Waals surface area contributed by atoms with Crippen LogP contribution in [0.2, 0.25) is 0 Å². The molecule has 0 spiro atoms. The molecule has 34 heavy (non-hydrogen) atoms. The van der Waals surface area contributed by atoms with Crippen LogP contribution in [0.25, 0.3) is 0 Å². The number of carbonyl (C=O) groups excluding carboxylic acids is 4. The quantitative estimate of drug-likeness (QED) is 0.109. The van der Waals surface area contributed by atoms with Gasteiger partial charge in [0.15, 0.2) is 0 Å². The number of rotatable bonds is 15. The number of nitrogens with one attached hydrogen (secondary N) is 3. The number of hydrogen-bond donors (Lipinski definition) is 3. The molecular weight excluding hydrogens is 446 g/mol. The van der Waals surface area contributed by atoms with Crippen molar-refractivity contribution in [2.45, 2.75) is 33.4 Å². The molecule has 1 aromatic rings. The van der Waals surface area contributed by atoms with Gasteiger partial charge in [-0.25, -0.2) is 28.3 Å². The Morgan fingerprint density at radius 1 is 0.853 bits per heavy atom. The molecule has 12 nitrogen and oxygen atoms in total. The Labute approximate surface area is 198 Å². The second-order valence-corrected chi connectivity index (χ2v) is 7.32. The first-order valence-electron chi connectivity index (χ1n) is 10.8. The maximum Gasteiger partial charge on any atom is 0.407 e. The van der Waals surface area contributed by atoms with E-state index in [0.29, 0.717) is 37.2 Å². The lowest BCUT2D eigenvalue weighted by molar-refractivity contribution is -0.696. The minimum Gasteiger partial charge on any atom is -0.460 e. The largest absolute Gasteiger partial charge is 0.460 e. The van der Waals surface area contributed by atoms with Crippen molar-refractivity contribution in [1.29, 1.82) is 0 Å². The van der Waals surface area contributed by atoms with Gasteiger partial charge in [0.05, 0.1) is 19.6 Å². The normalized spacial score (nSPS) is 10.1. The van der Waals surface area contributed by atoms with Crippen LogP contribution >= 0.6 is 0 Å². The molecule has 0 saturated heterocycles. The Morgan fingerprint density at radius 2 is 1.44 bits per heavy atom. The van der Waals surface area contributed by atoms with Gasteiger partial charge in [-0.15, -0.1) is 0 Å². The molecule has 12 heteroatoms. The van der Waals surface area contributed by atoms with Crippen molar-refractivity contribution in [2.75, 3.05) is 39.5 Å². The predicted octanol–water partition coefficient (Wildman–Crippen LogP) is 0.430. The number of alkyl carbamates (subject to hydrolysis) is 1. The van der Waals surface area contributed by atoms with Crippen LogP contribution in [-0.4, -0.2) is 68.1 Å². The van der Waals surface area contributed by atoms with Crippen LogP contribution in [0.1, 0.15) is 20.3 Å². The van der Waals surface area contributed by atoms with Crippen LogP contribution in [0.4, 0.5) is 9.59 Å². The van der Waals surface area contributed by atoms with Crippen molar-refractivity contribution in [3.8, 4) is 0 Å². The summed E-state index contributed by atoms with van der Waals surface area (Å²) < 4.78 is 18.6. The zero-order valence-corrected chi connectivity index (χ0v) is 19.8. The topological polar surface area (TPSA) is 141 Å². The summed E-state index contributed by atoms with van der Waals surface area (Å²) in [4.78, 5) is 45.7. The van der Waals surface area contributed by atoms with Gasteiger partial charge in [-0.05, 0) is 13.8 Å². The lowest BCUT2D eigenvalue weighted by Gasteiger charge is -2.08. The molecule has 1 aromatic heterocycles. The van der Waals surface area contributed by atoms with Gasteiger partial charge >= 0.3 is 24.1 Å². The van der Waals surface area contributed by atoms with E-state index in [9.17, 15) is 19.2 Å². The summed E-state index contributed by atoms with van der Waals surface area (Å²) in [5.74, 6) is -0.992. The molecule has 0 fully saturated rings. The highest BCUT2D eigenvalue weighted by molar-refractivity contribution is 5.87. The second kappa shape index (κ2) is 15.9. The number of carbonyl (C=O) groups is 4. The fraction of sp³-hybridized carbons (Fsp3) is 0.500. The standard InChI is InChI=1S/C22H33N5O7/c1-17(2)19(28)32-13-7-24-21(30)23-6-5-9-26-10-11-27(16-26)12-15-34-22(31)25-8-14-33-20(29)18(3)4/h10-11,16H,1,3,5-9,12-15H2,2,4H3,(H2-,23,24,25,30,31)/p+1. The van der Waals surface area contributed by atoms with E-state index < -0.39 is 18.0 Å². The summed E-state index contributed by atoms with van der Waals surface area (Å²) in [6.07, 6.45) is 5.72. The number of esters is 2. The molecule has 188 valence electrons. The molecule has 1 heterocycles. The lowest BCUT2D eigenvalue weighted by Crippen LogP contribution is -2.39. The van der Waals surface area contributed by atoms with E-state index in [1.807, 2.05) is 27.9 Å². The number of hydrogen-bond acceptors (Lipinski definition) is 7. The van der Waals surface area contributed by atoms with E-state index in [0.717, 1.165) is 0 Å². The third-order valence-corrected chi connectivity index (χ3v) is 4.13. The average molecular weight is 481 g/mol. The van der Waals surface area contributed by atoms with Gasteiger partial charge < -0.3 is 30.2 Å². The molecule has 1 rings (SSSR count). The summed E-state index contributed by atoms with van der Waals surface area (Å²) in [6, 6.07) is -0.335. The van der Waals surface area contributed by atoms with Crippen LogP contribution in [0.15, 0.2) is 43.0 Å². The van der Waals surface area contributed by atoms with Crippen molar-refractivity contribution < 1.29 is 38.0 Å². The number of aromatic nitrogens is 2. The molecule has 0 bridgehead atoms. The highest BCUT2D eigenvalue weighted by Crippen LogP contribution is 1.92. The van der Waals surface area contributed by atoms with Gasteiger partial charge in [0.25, 0.3) is 0 Å². The molecule has 0 saturated carbocycles. The number of aryl methyl sites for hydroxylation is 1. The summed E-state index contributed by atoms with van der Waals surface area (Å²) in [5.41, 5.74) is 0.605. The molecule has 0 unspecified atom stereocenters. The first-order valence-corrected chi connectivity index (χ1v) is 10.8. The molecular formula is C22H34N5O7+. The van der Waals surface area contributed by atoms with E-state index in [1.54, 1.807) is 13.8 Å². The van der Waals surface area contributed by atoms with Gasteiger partial charge in [-0.3, -0.25) is 0 Å². The van der Waals surface area contributed by atoms with E-state index in [1.165, 1.54) is 0 Å². The van der Waals surface area contributed by atoms with Crippen LogP contribution in [0.5, 0.6) is 0 Å². The van der Waals surface area contributed by atoms with E-state index in [-0.39, 0.29) is 38.9 Å². The average Bonchev–Trinajstić information content (AvgIpc) is 3.24. The van der Waals surface area contributed by atoms with Gasteiger partial charge in [0, 0.05) is 24.1 Å². The predicted molar refractivity (Wildman–Crippen MR) is 122 cm³/mol. The Bertz CT molecular complexity index is 866. The van der Waals surface area contributed by atoms with Crippen LogP contribution in [0, 0.1) is 0 Å². The van der Waals surface area contributed by atoms with E-state index >= 15 is 0 Å². The first kappa shape index (κ1) is 28.2. The minimum atomic E-state index is -0.593. The summed E-state index contributed by atoms with van der Waals surface area (Å²) in [6.45, 7) is 12.3. The van der Waals surface area contributed by atoms with Crippen molar-refractivity contribution in [1.82, 2.24) is 20.5 Å². The number of urea groups is 1. The van der Waals surface area contributed by atoms with Crippen molar-refractivity contribution in [2.24, 2.45) is 0 Å². The van der Waals surface area contributed by atoms with Crippen molar-refractivity contribution >= 4 is 24.1 Å². The number of ether oxygens (including phenoxy) is 3. The first-order chi connectivity index (χ1) is 16.2. The molecule has 0 atom stereocenters. The molecule has 0 aliphatic rings. The van der Waals surface area contributed by atoms with Crippen LogP contribution < -0.4 is 20.5 Å². The summed E-state index contributed by atoms with van der Waals surface area (Å²) >= 11 is 0. The maximum atomic E-state index is 11.7. The van der Waals surface area contributed by atoms with Crippen LogP contribution in [-0.2, 0) is 36.9 Å². The smallest absolute Gasteiger partial charge is 0.407 e. The fourth-order valence-electron chi connectivity index (χ4n) is 2.38. The third-order valence-electron chi connectivity index (χ3n) is 4.13. The SMILES string of the molecule is C=C(C)C(=O)OCCNC(=O)NCCC[n+]1ccn(CCOC(=O)NCCOC(=O)C(=C)C)c1. The second-order valence-electron chi connectivity index (χ2n) is 7.32. The Balaban J connectivity index is 2.08. The Morgan fingerprint density at radius 3 is 2.06 bits per heavy atom. The van der Waals surface area contributed by atoms with Crippen molar-refractivity contribution in [3.05, 3.63) is 43.0 Å². The summed E-state index contributed by atoms with van der Waals surface area (Å²) in [7, 11) is 0. The monoisotopic (exact) mass is 480 g/mol. The molecule has 0 radical (unpaired) electrons. The zero-order chi connectivity index (χ0) is 25.3. The summed E-state index contributed by atoms with van der Waals surface area (Å²) in [5, 5.41) is 7.81. The van der Waals surface area contributed by atoms with Gasteiger partial charge in [0.2, 0.25) is 6.33 Å². The number of amides is 3. The minimum absolute atomic E-state index is 0.0415. The van der Waals surface area contributed by atoms with Gasteiger partial charge in [-0.1, -0.05) is 13.2 Å². The zero-order valence-electron chi connectivity index (χ0n) is 19.8. The molecule has 0 aromatic carbocycles. The highest BCUT2D eigenvalue weighted by Gasteiger charge is 2.08. The Hall–Kier alpha value is -3.83. The highest BCUT2D eigenvalue weighted by atomic mass is 16.6. The molecule has 0 aliphatic carbocycles.